The second-order valence-electron chi connectivity index (χ2n) is 6.57. The molecule has 1 fully saturated rings. The van der Waals surface area contributed by atoms with Crippen LogP contribution in [0, 0.1) is 6.92 Å². The number of amides is 1. The van der Waals surface area contributed by atoms with Gasteiger partial charge in [0.25, 0.3) is 0 Å². The molecule has 2 heterocycles. The summed E-state index contributed by atoms with van der Waals surface area (Å²) < 4.78 is 0. The van der Waals surface area contributed by atoms with E-state index >= 15 is 0 Å². The van der Waals surface area contributed by atoms with E-state index in [-0.39, 0.29) is 5.91 Å². The Morgan fingerprint density at radius 2 is 2.00 bits per heavy atom. The number of aromatic nitrogens is 1. The van der Waals surface area contributed by atoms with Crippen LogP contribution in [-0.4, -0.2) is 21.8 Å². The Hall–Kier alpha value is -1.98. The fraction of sp³-hybridized carbons (Fsp3) is 0.300. The molecule has 0 aliphatic heterocycles. The van der Waals surface area contributed by atoms with E-state index in [4.69, 9.17) is 0 Å². The molecule has 1 saturated carbocycles. The highest BCUT2D eigenvalue weighted by molar-refractivity contribution is 7.13. The predicted octanol–water partition coefficient (Wildman–Crippen LogP) is 4.91. The summed E-state index contributed by atoms with van der Waals surface area (Å²) in [5.41, 5.74) is 4.46. The van der Waals surface area contributed by atoms with Crippen molar-refractivity contribution in [2.24, 2.45) is 0 Å². The maximum Gasteiger partial charge on any atom is 0.229 e. The molecule has 0 bridgehead atoms. The van der Waals surface area contributed by atoms with Crippen LogP contribution in [0.5, 0.6) is 0 Å². The smallest absolute Gasteiger partial charge is 0.229 e. The zero-order chi connectivity index (χ0) is 17.2. The zero-order valence-electron chi connectivity index (χ0n) is 14.1. The fourth-order valence-electron chi connectivity index (χ4n) is 2.86. The van der Waals surface area contributed by atoms with Crippen LogP contribution in [0.3, 0.4) is 0 Å². The molecule has 128 valence electrons. The predicted molar refractivity (Wildman–Crippen MR) is 104 cm³/mol. The Morgan fingerprint density at radius 3 is 2.68 bits per heavy atom. The first kappa shape index (κ1) is 16.5. The number of hydrogen-bond acceptors (Lipinski definition) is 4. The van der Waals surface area contributed by atoms with Crippen molar-refractivity contribution in [2.75, 3.05) is 0 Å². The van der Waals surface area contributed by atoms with Gasteiger partial charge in [0.1, 0.15) is 5.01 Å². The number of rotatable bonds is 6. The third kappa shape index (κ3) is 3.99. The number of thiophene rings is 1. The molecule has 25 heavy (non-hydrogen) atoms. The second-order valence-corrected chi connectivity index (χ2v) is 8.21. The van der Waals surface area contributed by atoms with Crippen molar-refractivity contribution in [3.8, 4) is 10.6 Å². The highest BCUT2D eigenvalue weighted by atomic mass is 32.1. The van der Waals surface area contributed by atoms with E-state index in [0.29, 0.717) is 12.5 Å². The number of hydrogen-bond donors (Lipinski definition) is 0. The summed E-state index contributed by atoms with van der Waals surface area (Å²) in [5.74, 6) is 0.189. The molecule has 0 spiro atoms. The van der Waals surface area contributed by atoms with Crippen LogP contribution in [0.2, 0.25) is 0 Å². The highest BCUT2D eigenvalue weighted by Crippen LogP contribution is 2.30. The third-order valence-corrected chi connectivity index (χ3v) is 6.10. The molecule has 2 aromatic heterocycles. The first-order valence-electron chi connectivity index (χ1n) is 8.51. The van der Waals surface area contributed by atoms with Crippen molar-refractivity contribution in [1.29, 1.82) is 0 Å². The maximum absolute atomic E-state index is 12.8. The van der Waals surface area contributed by atoms with E-state index in [1.165, 1.54) is 11.1 Å². The normalized spacial score (nSPS) is 13.8. The van der Waals surface area contributed by atoms with Crippen LogP contribution in [0.25, 0.3) is 10.6 Å². The van der Waals surface area contributed by atoms with Gasteiger partial charge < -0.3 is 4.90 Å². The number of aryl methyl sites for hydroxylation is 1. The minimum Gasteiger partial charge on any atom is -0.335 e. The lowest BCUT2D eigenvalue weighted by molar-refractivity contribution is -0.131. The number of carbonyl (C=O) groups is 1. The summed E-state index contributed by atoms with van der Waals surface area (Å²) >= 11 is 3.29. The molecule has 1 aliphatic carbocycles. The molecular weight excluding hydrogens is 348 g/mol. The Labute approximate surface area is 156 Å². The maximum atomic E-state index is 12.8. The van der Waals surface area contributed by atoms with Gasteiger partial charge in [-0.15, -0.1) is 11.3 Å². The molecule has 0 N–H and O–H groups in total. The molecule has 0 atom stereocenters. The highest BCUT2D eigenvalue weighted by Gasteiger charge is 2.32. The van der Waals surface area contributed by atoms with Crippen LogP contribution in [-0.2, 0) is 17.8 Å². The second kappa shape index (κ2) is 7.10. The number of nitrogens with zero attached hydrogens (tertiary/aromatic N) is 2. The summed E-state index contributed by atoms with van der Waals surface area (Å²) in [6.07, 6.45) is 2.64. The van der Waals surface area contributed by atoms with Gasteiger partial charge in [-0.3, -0.25) is 4.79 Å². The van der Waals surface area contributed by atoms with Crippen molar-refractivity contribution >= 4 is 28.6 Å². The van der Waals surface area contributed by atoms with Crippen LogP contribution >= 0.6 is 22.7 Å². The average Bonchev–Trinajstić information content (AvgIpc) is 3.12. The van der Waals surface area contributed by atoms with Gasteiger partial charge in [-0.2, -0.15) is 11.3 Å². The van der Waals surface area contributed by atoms with Gasteiger partial charge in [0.15, 0.2) is 0 Å². The van der Waals surface area contributed by atoms with Crippen LogP contribution in [0.4, 0.5) is 0 Å². The standard InChI is InChI=1S/C20H20N2OS2/c1-14-2-4-16(5-3-14)20-21-17(13-25-20)10-19(23)22(18-6-7-18)11-15-8-9-24-12-15/h2-5,8-9,12-13,18H,6-7,10-11H2,1H3. The van der Waals surface area contributed by atoms with Crippen molar-refractivity contribution in [2.45, 2.75) is 38.8 Å². The summed E-state index contributed by atoms with van der Waals surface area (Å²) in [4.78, 5) is 19.5. The molecule has 3 aromatic rings. The molecular formula is C20H20N2OS2. The van der Waals surface area contributed by atoms with Gasteiger partial charge >= 0.3 is 0 Å². The molecule has 4 rings (SSSR count). The van der Waals surface area contributed by atoms with Gasteiger partial charge in [0, 0.05) is 23.5 Å². The van der Waals surface area contributed by atoms with E-state index in [2.05, 4.69) is 53.0 Å². The molecule has 1 amide bonds. The molecule has 0 saturated heterocycles. The first-order valence-corrected chi connectivity index (χ1v) is 10.3. The zero-order valence-corrected chi connectivity index (χ0v) is 15.8. The van der Waals surface area contributed by atoms with E-state index in [0.717, 1.165) is 35.7 Å². The quantitative estimate of drug-likeness (QED) is 0.619. The largest absolute Gasteiger partial charge is 0.335 e. The van der Waals surface area contributed by atoms with Crippen molar-refractivity contribution in [3.05, 3.63) is 63.3 Å². The van der Waals surface area contributed by atoms with Crippen LogP contribution < -0.4 is 0 Å². The number of benzene rings is 1. The van der Waals surface area contributed by atoms with E-state index in [1.54, 1.807) is 22.7 Å². The van der Waals surface area contributed by atoms with Crippen molar-refractivity contribution in [3.63, 3.8) is 0 Å². The Bertz CT molecular complexity index is 848. The van der Waals surface area contributed by atoms with E-state index in [9.17, 15) is 4.79 Å². The molecule has 5 heteroatoms. The van der Waals surface area contributed by atoms with Gasteiger partial charge in [-0.25, -0.2) is 4.98 Å². The van der Waals surface area contributed by atoms with E-state index < -0.39 is 0 Å². The molecule has 3 nitrogen and oxygen atoms in total. The van der Waals surface area contributed by atoms with Crippen LogP contribution in [0.1, 0.15) is 29.7 Å². The van der Waals surface area contributed by atoms with Gasteiger partial charge in [0.2, 0.25) is 5.91 Å². The lowest BCUT2D eigenvalue weighted by atomic mass is 10.2. The Kier molecular flexibility index (Phi) is 4.68. The van der Waals surface area contributed by atoms with E-state index in [1.807, 2.05) is 10.3 Å². The van der Waals surface area contributed by atoms with Crippen molar-refractivity contribution in [1.82, 2.24) is 9.88 Å². The Morgan fingerprint density at radius 1 is 1.20 bits per heavy atom. The fourth-order valence-corrected chi connectivity index (χ4v) is 4.35. The lowest BCUT2D eigenvalue weighted by Crippen LogP contribution is -2.33. The average molecular weight is 369 g/mol. The van der Waals surface area contributed by atoms with Gasteiger partial charge in [0.05, 0.1) is 12.1 Å². The lowest BCUT2D eigenvalue weighted by Gasteiger charge is -2.21. The Balaban J connectivity index is 1.45. The van der Waals surface area contributed by atoms with Crippen molar-refractivity contribution < 1.29 is 4.79 Å². The summed E-state index contributed by atoms with van der Waals surface area (Å²) in [6.45, 7) is 2.80. The molecule has 0 unspecified atom stereocenters. The molecule has 1 aromatic carbocycles. The third-order valence-electron chi connectivity index (χ3n) is 4.42. The number of carbonyl (C=O) groups excluding carboxylic acids is 1. The monoisotopic (exact) mass is 368 g/mol. The molecule has 1 aliphatic rings. The SMILES string of the molecule is Cc1ccc(-c2nc(CC(=O)N(Cc3ccsc3)C3CC3)cs2)cc1. The van der Waals surface area contributed by atoms with Gasteiger partial charge in [-0.1, -0.05) is 29.8 Å². The summed E-state index contributed by atoms with van der Waals surface area (Å²) in [7, 11) is 0. The summed E-state index contributed by atoms with van der Waals surface area (Å²) in [6, 6.07) is 10.9. The molecule has 0 radical (unpaired) electrons. The van der Waals surface area contributed by atoms with Gasteiger partial charge in [-0.05, 0) is 42.2 Å². The topological polar surface area (TPSA) is 33.2 Å². The number of thiazole rings is 1. The van der Waals surface area contributed by atoms with Crippen LogP contribution in [0.15, 0.2) is 46.5 Å². The minimum atomic E-state index is 0.189. The minimum absolute atomic E-state index is 0.189. The summed E-state index contributed by atoms with van der Waals surface area (Å²) in [5, 5.41) is 7.20. The first-order chi connectivity index (χ1) is 12.2.